The maximum absolute atomic E-state index is 12.2. The lowest BCUT2D eigenvalue weighted by molar-refractivity contribution is -0.385. The first-order valence-corrected chi connectivity index (χ1v) is 8.13. The van der Waals surface area contributed by atoms with Crippen LogP contribution in [-0.2, 0) is 4.79 Å². The van der Waals surface area contributed by atoms with Crippen molar-refractivity contribution in [1.82, 2.24) is 0 Å². The Kier molecular flexibility index (Phi) is 6.05. The summed E-state index contributed by atoms with van der Waals surface area (Å²) in [6.45, 7) is 1.66. The van der Waals surface area contributed by atoms with E-state index in [1.54, 1.807) is 31.2 Å². The van der Waals surface area contributed by atoms with Gasteiger partial charge in [0, 0.05) is 9.92 Å². The molecule has 6 nitrogen and oxygen atoms in total. The van der Waals surface area contributed by atoms with Crippen LogP contribution in [0.4, 0.5) is 5.69 Å². The summed E-state index contributed by atoms with van der Waals surface area (Å²) in [5.74, 6) is -0.386. The number of rotatable bonds is 6. The fourth-order valence-corrected chi connectivity index (χ4v) is 2.78. The van der Waals surface area contributed by atoms with Crippen molar-refractivity contribution in [2.75, 3.05) is 7.11 Å². The van der Waals surface area contributed by atoms with Gasteiger partial charge >= 0.3 is 11.7 Å². The molecule has 0 radical (unpaired) electrons. The molecule has 0 bridgehead atoms. The molecule has 0 aliphatic rings. The number of carbonyl (C=O) groups is 1. The van der Waals surface area contributed by atoms with E-state index in [-0.39, 0.29) is 11.4 Å². The molecule has 24 heavy (non-hydrogen) atoms. The molecule has 0 spiro atoms. The van der Waals surface area contributed by atoms with Gasteiger partial charge in [0.1, 0.15) is 11.0 Å². The lowest BCUT2D eigenvalue weighted by Gasteiger charge is -2.11. The first-order chi connectivity index (χ1) is 11.4. The number of carbonyl (C=O) groups excluding carboxylic acids is 1. The van der Waals surface area contributed by atoms with Crippen molar-refractivity contribution in [3.05, 3.63) is 57.6 Å². The van der Waals surface area contributed by atoms with Crippen LogP contribution in [0.5, 0.6) is 11.5 Å². The quantitative estimate of drug-likeness (QED) is 0.248. The molecule has 2 rings (SSSR count). The molecule has 0 aliphatic carbocycles. The Morgan fingerprint density at radius 1 is 1.25 bits per heavy atom. The van der Waals surface area contributed by atoms with E-state index in [2.05, 4.69) is 0 Å². The highest BCUT2D eigenvalue weighted by atomic mass is 35.5. The van der Waals surface area contributed by atoms with Crippen LogP contribution in [0.3, 0.4) is 0 Å². The molecule has 0 fully saturated rings. The number of methoxy groups -OCH3 is 1. The van der Waals surface area contributed by atoms with E-state index in [0.29, 0.717) is 10.8 Å². The molecule has 0 saturated carbocycles. The number of benzene rings is 2. The Morgan fingerprint density at radius 3 is 2.50 bits per heavy atom. The van der Waals surface area contributed by atoms with Crippen LogP contribution >= 0.6 is 23.4 Å². The normalized spacial score (nSPS) is 11.6. The van der Waals surface area contributed by atoms with E-state index in [9.17, 15) is 14.9 Å². The second-order valence-electron chi connectivity index (χ2n) is 4.73. The van der Waals surface area contributed by atoms with E-state index in [1.807, 2.05) is 0 Å². The van der Waals surface area contributed by atoms with Gasteiger partial charge in [0.2, 0.25) is 5.75 Å². The van der Waals surface area contributed by atoms with Crippen molar-refractivity contribution in [3.63, 3.8) is 0 Å². The van der Waals surface area contributed by atoms with Gasteiger partial charge in [-0.05, 0) is 43.3 Å². The number of nitro groups is 1. The number of halogens is 1. The molecule has 2 aromatic rings. The van der Waals surface area contributed by atoms with Crippen molar-refractivity contribution < 1.29 is 19.2 Å². The number of nitrogens with zero attached hydrogens (tertiary/aromatic N) is 1. The van der Waals surface area contributed by atoms with Crippen LogP contribution in [-0.4, -0.2) is 23.3 Å². The molecule has 0 aromatic heterocycles. The van der Waals surface area contributed by atoms with Crippen molar-refractivity contribution in [3.8, 4) is 11.5 Å². The zero-order valence-electron chi connectivity index (χ0n) is 12.9. The number of thioether (sulfide) groups is 1. The van der Waals surface area contributed by atoms with Gasteiger partial charge in [0.15, 0.2) is 0 Å². The summed E-state index contributed by atoms with van der Waals surface area (Å²) in [4.78, 5) is 23.5. The largest absolute Gasteiger partial charge is 0.496 e. The second-order valence-corrected chi connectivity index (χ2v) is 6.58. The van der Waals surface area contributed by atoms with Crippen LogP contribution in [0.25, 0.3) is 0 Å². The smallest absolute Gasteiger partial charge is 0.324 e. The molecule has 0 saturated heterocycles. The first-order valence-electron chi connectivity index (χ1n) is 6.87. The summed E-state index contributed by atoms with van der Waals surface area (Å²) >= 11 is 7.09. The number of esters is 1. The van der Waals surface area contributed by atoms with Gasteiger partial charge < -0.3 is 9.47 Å². The molecule has 1 unspecified atom stereocenters. The topological polar surface area (TPSA) is 78.7 Å². The lowest BCUT2D eigenvalue weighted by Crippen LogP contribution is -2.20. The summed E-state index contributed by atoms with van der Waals surface area (Å²) in [6, 6.07) is 11.0. The fraction of sp³-hybridized carbons (Fsp3) is 0.188. The van der Waals surface area contributed by atoms with Gasteiger partial charge in [-0.1, -0.05) is 11.6 Å². The first kappa shape index (κ1) is 18.1. The van der Waals surface area contributed by atoms with E-state index in [4.69, 9.17) is 21.1 Å². The number of ether oxygens (including phenoxy) is 2. The highest BCUT2D eigenvalue weighted by Gasteiger charge is 2.23. The minimum Gasteiger partial charge on any atom is -0.496 e. The summed E-state index contributed by atoms with van der Waals surface area (Å²) in [6.07, 6.45) is 0. The lowest BCUT2D eigenvalue weighted by atomic mass is 10.3. The second kappa shape index (κ2) is 8.03. The van der Waals surface area contributed by atoms with Gasteiger partial charge in [0.25, 0.3) is 0 Å². The average molecular weight is 368 g/mol. The van der Waals surface area contributed by atoms with E-state index >= 15 is 0 Å². The summed E-state index contributed by atoms with van der Waals surface area (Å²) in [5, 5.41) is 11.2. The third kappa shape index (κ3) is 4.62. The highest BCUT2D eigenvalue weighted by molar-refractivity contribution is 8.00. The molecular formula is C16H14ClNO5S. The van der Waals surface area contributed by atoms with Crippen molar-refractivity contribution in [2.45, 2.75) is 17.1 Å². The monoisotopic (exact) mass is 367 g/mol. The maximum Gasteiger partial charge on any atom is 0.324 e. The predicted octanol–water partition coefficient (Wildman–Crippen LogP) is 4.34. The van der Waals surface area contributed by atoms with Crippen molar-refractivity contribution in [1.29, 1.82) is 0 Å². The standard InChI is InChI=1S/C16H14ClNO5S/c1-10(24-13-6-3-11(17)4-7-13)16(19)23-15-8-5-12(22-2)9-14(15)18(20)21/h3-10H,1-2H3. The molecule has 8 heteroatoms. The maximum atomic E-state index is 12.2. The zero-order valence-corrected chi connectivity index (χ0v) is 14.5. The van der Waals surface area contributed by atoms with Gasteiger partial charge in [-0.2, -0.15) is 0 Å². The van der Waals surface area contributed by atoms with Crippen LogP contribution < -0.4 is 9.47 Å². The molecule has 1 atom stereocenters. The minimum absolute atomic E-state index is 0.116. The zero-order chi connectivity index (χ0) is 17.7. The van der Waals surface area contributed by atoms with Gasteiger partial charge in [-0.3, -0.25) is 14.9 Å². The third-order valence-electron chi connectivity index (χ3n) is 3.03. The summed E-state index contributed by atoms with van der Waals surface area (Å²) < 4.78 is 10.1. The van der Waals surface area contributed by atoms with Crippen LogP contribution in [0, 0.1) is 10.1 Å². The molecular weight excluding hydrogens is 354 g/mol. The Bertz CT molecular complexity index is 751. The third-order valence-corrected chi connectivity index (χ3v) is 4.37. The van der Waals surface area contributed by atoms with Crippen LogP contribution in [0.2, 0.25) is 5.02 Å². The fourth-order valence-electron chi connectivity index (χ4n) is 1.81. The Balaban J connectivity index is 2.11. The van der Waals surface area contributed by atoms with Crippen LogP contribution in [0.1, 0.15) is 6.92 Å². The van der Waals surface area contributed by atoms with E-state index in [1.165, 1.54) is 37.1 Å². The highest BCUT2D eigenvalue weighted by Crippen LogP contribution is 2.32. The average Bonchev–Trinajstić information content (AvgIpc) is 2.57. The Morgan fingerprint density at radius 2 is 1.92 bits per heavy atom. The molecule has 0 N–H and O–H groups in total. The number of nitro benzene ring substituents is 1. The van der Waals surface area contributed by atoms with Crippen molar-refractivity contribution in [2.24, 2.45) is 0 Å². The molecule has 2 aromatic carbocycles. The SMILES string of the molecule is COc1ccc(OC(=O)C(C)Sc2ccc(Cl)cc2)c([N+](=O)[O-])c1. The molecule has 0 amide bonds. The summed E-state index contributed by atoms with van der Waals surface area (Å²) in [5.41, 5.74) is -0.327. The van der Waals surface area contributed by atoms with Gasteiger partial charge in [0.05, 0.1) is 18.1 Å². The van der Waals surface area contributed by atoms with Gasteiger partial charge in [-0.25, -0.2) is 0 Å². The Hall–Kier alpha value is -2.25. The molecule has 0 aliphatic heterocycles. The Labute approximate surface area is 147 Å². The molecule has 0 heterocycles. The van der Waals surface area contributed by atoms with E-state index in [0.717, 1.165) is 4.90 Å². The summed E-state index contributed by atoms with van der Waals surface area (Å²) in [7, 11) is 1.40. The number of hydrogen-bond acceptors (Lipinski definition) is 6. The molecule has 126 valence electrons. The minimum atomic E-state index is -0.623. The van der Waals surface area contributed by atoms with Crippen molar-refractivity contribution >= 4 is 35.0 Å². The predicted molar refractivity (Wildman–Crippen MR) is 92.1 cm³/mol. The van der Waals surface area contributed by atoms with E-state index < -0.39 is 16.1 Å². The van der Waals surface area contributed by atoms with Crippen LogP contribution in [0.15, 0.2) is 47.4 Å². The number of hydrogen-bond donors (Lipinski definition) is 0. The van der Waals surface area contributed by atoms with Gasteiger partial charge in [-0.15, -0.1) is 11.8 Å².